The van der Waals surface area contributed by atoms with Crippen molar-refractivity contribution in [2.45, 2.75) is 12.5 Å². The molecular weight excluding hydrogens is 208 g/mol. The fourth-order valence-corrected chi connectivity index (χ4v) is 1.72. The van der Waals surface area contributed by atoms with E-state index in [2.05, 4.69) is 4.98 Å². The fourth-order valence-electron chi connectivity index (χ4n) is 1.72. The lowest BCUT2D eigenvalue weighted by molar-refractivity contribution is -0.139. The molecule has 0 aliphatic rings. The first kappa shape index (κ1) is 10.6. The Balaban J connectivity index is 2.45. The van der Waals surface area contributed by atoms with Gasteiger partial charge in [-0.1, -0.05) is 12.1 Å². The molecule has 0 aliphatic carbocycles. The molecule has 0 saturated carbocycles. The van der Waals surface area contributed by atoms with Crippen molar-refractivity contribution in [3.63, 3.8) is 0 Å². The fraction of sp³-hybridized carbons (Fsp3) is 0.273. The molecule has 1 heterocycles. The highest BCUT2D eigenvalue weighted by Gasteiger charge is 2.18. The number of carboxylic acids is 1. The summed E-state index contributed by atoms with van der Waals surface area (Å²) in [5, 5.41) is 18.3. The van der Waals surface area contributed by atoms with E-state index in [0.29, 0.717) is 5.82 Å². The van der Waals surface area contributed by atoms with Gasteiger partial charge in [-0.2, -0.15) is 0 Å². The minimum atomic E-state index is -1.07. The molecule has 16 heavy (non-hydrogen) atoms. The molecule has 5 heteroatoms. The first-order valence-corrected chi connectivity index (χ1v) is 4.91. The number of fused-ring (bicyclic) bond motifs is 1. The molecule has 0 aliphatic heterocycles. The highest BCUT2D eigenvalue weighted by Crippen LogP contribution is 2.21. The van der Waals surface area contributed by atoms with Gasteiger partial charge in [-0.15, -0.1) is 0 Å². The van der Waals surface area contributed by atoms with Gasteiger partial charge in [-0.05, 0) is 12.1 Å². The van der Waals surface area contributed by atoms with Crippen LogP contribution in [-0.4, -0.2) is 25.7 Å². The Bertz CT molecular complexity index is 533. The first-order chi connectivity index (χ1) is 7.59. The van der Waals surface area contributed by atoms with Crippen molar-refractivity contribution in [1.82, 2.24) is 9.55 Å². The maximum atomic E-state index is 10.5. The van der Waals surface area contributed by atoms with Crippen molar-refractivity contribution >= 4 is 17.0 Å². The van der Waals surface area contributed by atoms with Crippen molar-refractivity contribution in [3.8, 4) is 0 Å². The van der Waals surface area contributed by atoms with Crippen LogP contribution in [0.1, 0.15) is 18.3 Å². The number of imidazole rings is 1. The number of nitrogens with zero attached hydrogens (tertiary/aromatic N) is 2. The average molecular weight is 220 g/mol. The second-order valence-corrected chi connectivity index (χ2v) is 3.63. The number of rotatable bonds is 3. The number of aliphatic carboxylic acids is 1. The SMILES string of the molecule is Cn1c(C(O)CC(=O)O)nc2ccccc21. The molecule has 2 aromatic rings. The summed E-state index contributed by atoms with van der Waals surface area (Å²) < 4.78 is 1.71. The van der Waals surface area contributed by atoms with Crippen molar-refractivity contribution in [3.05, 3.63) is 30.1 Å². The van der Waals surface area contributed by atoms with E-state index in [-0.39, 0.29) is 6.42 Å². The first-order valence-electron chi connectivity index (χ1n) is 4.91. The monoisotopic (exact) mass is 220 g/mol. The van der Waals surface area contributed by atoms with E-state index in [4.69, 9.17) is 5.11 Å². The predicted octanol–water partition coefficient (Wildman–Crippen LogP) is 1.08. The number of carbonyl (C=O) groups is 1. The Morgan fingerprint density at radius 2 is 2.19 bits per heavy atom. The molecule has 2 N–H and O–H groups in total. The van der Waals surface area contributed by atoms with Crippen LogP contribution in [0.4, 0.5) is 0 Å². The quantitative estimate of drug-likeness (QED) is 0.811. The van der Waals surface area contributed by atoms with Crippen LogP contribution in [0.3, 0.4) is 0 Å². The van der Waals surface area contributed by atoms with Gasteiger partial charge in [0.1, 0.15) is 11.9 Å². The van der Waals surface area contributed by atoms with E-state index in [9.17, 15) is 9.90 Å². The average Bonchev–Trinajstić information content (AvgIpc) is 2.56. The molecule has 5 nitrogen and oxygen atoms in total. The zero-order valence-electron chi connectivity index (χ0n) is 8.79. The smallest absolute Gasteiger partial charge is 0.306 e. The van der Waals surface area contributed by atoms with Crippen LogP contribution in [0.2, 0.25) is 0 Å². The van der Waals surface area contributed by atoms with E-state index < -0.39 is 12.1 Å². The summed E-state index contributed by atoms with van der Waals surface area (Å²) >= 11 is 0. The third kappa shape index (κ3) is 1.77. The van der Waals surface area contributed by atoms with Gasteiger partial charge in [-0.3, -0.25) is 4.79 Å². The Labute approximate surface area is 92.0 Å². The molecule has 1 atom stereocenters. The molecule has 0 bridgehead atoms. The summed E-state index contributed by atoms with van der Waals surface area (Å²) in [5.74, 6) is -0.664. The van der Waals surface area contributed by atoms with Crippen molar-refractivity contribution in [1.29, 1.82) is 0 Å². The Kier molecular flexibility index (Phi) is 2.62. The van der Waals surface area contributed by atoms with Gasteiger partial charge < -0.3 is 14.8 Å². The van der Waals surface area contributed by atoms with Gasteiger partial charge in [0.25, 0.3) is 0 Å². The van der Waals surface area contributed by atoms with Crippen molar-refractivity contribution < 1.29 is 15.0 Å². The molecule has 2 rings (SSSR count). The second kappa shape index (κ2) is 3.94. The van der Waals surface area contributed by atoms with E-state index >= 15 is 0 Å². The van der Waals surface area contributed by atoms with Crippen molar-refractivity contribution in [2.75, 3.05) is 0 Å². The topological polar surface area (TPSA) is 75.4 Å². The molecule has 1 aromatic carbocycles. The molecule has 0 fully saturated rings. The van der Waals surface area contributed by atoms with Crippen LogP contribution in [0.15, 0.2) is 24.3 Å². The molecule has 0 radical (unpaired) electrons. The summed E-state index contributed by atoms with van der Waals surface area (Å²) in [6.07, 6.45) is -1.41. The number of aromatic nitrogens is 2. The van der Waals surface area contributed by atoms with Gasteiger partial charge in [0.15, 0.2) is 0 Å². The van der Waals surface area contributed by atoms with E-state index in [1.165, 1.54) is 0 Å². The molecule has 0 spiro atoms. The lowest BCUT2D eigenvalue weighted by Crippen LogP contribution is -2.10. The molecular formula is C11H12N2O3. The maximum Gasteiger partial charge on any atom is 0.306 e. The van der Waals surface area contributed by atoms with E-state index in [1.807, 2.05) is 24.3 Å². The predicted molar refractivity (Wildman–Crippen MR) is 57.9 cm³/mol. The maximum absolute atomic E-state index is 10.5. The zero-order chi connectivity index (χ0) is 11.7. The van der Waals surface area contributed by atoms with Gasteiger partial charge in [0.05, 0.1) is 17.5 Å². The zero-order valence-corrected chi connectivity index (χ0v) is 8.79. The minimum absolute atomic E-state index is 0.336. The number of aliphatic hydroxyl groups is 1. The lowest BCUT2D eigenvalue weighted by Gasteiger charge is -2.07. The molecule has 84 valence electrons. The van der Waals surface area contributed by atoms with Crippen molar-refractivity contribution in [2.24, 2.45) is 7.05 Å². The Morgan fingerprint density at radius 3 is 2.81 bits per heavy atom. The van der Waals surface area contributed by atoms with Gasteiger partial charge in [-0.25, -0.2) is 4.98 Å². The van der Waals surface area contributed by atoms with Crippen LogP contribution in [0.5, 0.6) is 0 Å². The summed E-state index contributed by atoms with van der Waals surface area (Å²) in [7, 11) is 1.76. The number of aryl methyl sites for hydroxylation is 1. The summed E-state index contributed by atoms with van der Waals surface area (Å²) in [5.41, 5.74) is 1.63. The third-order valence-corrected chi connectivity index (χ3v) is 2.49. The van der Waals surface area contributed by atoms with Crippen LogP contribution >= 0.6 is 0 Å². The number of hydrogen-bond acceptors (Lipinski definition) is 3. The largest absolute Gasteiger partial charge is 0.481 e. The molecule has 0 amide bonds. The highest BCUT2D eigenvalue weighted by molar-refractivity contribution is 5.76. The van der Waals surface area contributed by atoms with Gasteiger partial charge in [0.2, 0.25) is 0 Å². The summed E-state index contributed by atoms with van der Waals surface area (Å²) in [6.45, 7) is 0. The lowest BCUT2D eigenvalue weighted by atomic mass is 10.2. The van der Waals surface area contributed by atoms with Crippen LogP contribution < -0.4 is 0 Å². The number of benzene rings is 1. The van der Waals surface area contributed by atoms with Crippen LogP contribution in [0.25, 0.3) is 11.0 Å². The van der Waals surface area contributed by atoms with Crippen LogP contribution in [-0.2, 0) is 11.8 Å². The normalized spacial score (nSPS) is 12.9. The second-order valence-electron chi connectivity index (χ2n) is 3.63. The van der Waals surface area contributed by atoms with E-state index in [1.54, 1.807) is 11.6 Å². The number of aliphatic hydroxyl groups excluding tert-OH is 1. The number of para-hydroxylation sites is 2. The van der Waals surface area contributed by atoms with Crippen LogP contribution in [0, 0.1) is 0 Å². The third-order valence-electron chi connectivity index (χ3n) is 2.49. The number of carboxylic acid groups (broad SMARTS) is 1. The molecule has 1 unspecified atom stereocenters. The Morgan fingerprint density at radius 1 is 1.50 bits per heavy atom. The Hall–Kier alpha value is -1.88. The summed E-state index contributed by atoms with van der Waals surface area (Å²) in [6, 6.07) is 7.42. The molecule has 0 saturated heterocycles. The molecule has 1 aromatic heterocycles. The highest BCUT2D eigenvalue weighted by atomic mass is 16.4. The van der Waals surface area contributed by atoms with Gasteiger partial charge in [0, 0.05) is 7.05 Å². The summed E-state index contributed by atoms with van der Waals surface area (Å²) in [4.78, 5) is 14.7. The minimum Gasteiger partial charge on any atom is -0.481 e. The number of hydrogen-bond donors (Lipinski definition) is 2. The van der Waals surface area contributed by atoms with Gasteiger partial charge >= 0.3 is 5.97 Å². The van der Waals surface area contributed by atoms with E-state index in [0.717, 1.165) is 11.0 Å². The standard InChI is InChI=1S/C11H12N2O3/c1-13-8-5-3-2-4-7(8)12-11(13)9(14)6-10(15)16/h2-5,9,14H,6H2,1H3,(H,15,16).